The summed E-state index contributed by atoms with van der Waals surface area (Å²) in [5.74, 6) is 0.287. The molecule has 0 radical (unpaired) electrons. The largest absolute Gasteiger partial charge is 0.495 e. The maximum Gasteiger partial charge on any atom is 0.339 e. The molecule has 0 bridgehead atoms. The Labute approximate surface area is 151 Å². The highest BCUT2D eigenvalue weighted by molar-refractivity contribution is 5.98. The number of carbonyl (C=O) groups is 2. The minimum atomic E-state index is -1.000. The van der Waals surface area contributed by atoms with Crippen LogP contribution in [0.2, 0.25) is 0 Å². The number of methoxy groups -OCH3 is 3. The third kappa shape index (κ3) is 4.44. The van der Waals surface area contributed by atoms with E-state index in [-0.39, 0.29) is 5.56 Å². The molecule has 1 atom stereocenters. The van der Waals surface area contributed by atoms with Gasteiger partial charge in [-0.3, -0.25) is 4.79 Å². The second-order valence-electron chi connectivity index (χ2n) is 5.31. The third-order valence-corrected chi connectivity index (χ3v) is 3.64. The van der Waals surface area contributed by atoms with Crippen molar-refractivity contribution in [2.24, 2.45) is 0 Å². The maximum atomic E-state index is 12.3. The summed E-state index contributed by atoms with van der Waals surface area (Å²) in [4.78, 5) is 24.6. The molecule has 0 aliphatic rings. The lowest BCUT2D eigenvalue weighted by atomic mass is 10.2. The van der Waals surface area contributed by atoms with Crippen molar-refractivity contribution in [3.63, 3.8) is 0 Å². The van der Waals surface area contributed by atoms with Crippen LogP contribution >= 0.6 is 0 Å². The van der Waals surface area contributed by atoms with Crippen LogP contribution in [0.5, 0.6) is 17.2 Å². The van der Waals surface area contributed by atoms with Gasteiger partial charge in [-0.15, -0.1) is 0 Å². The van der Waals surface area contributed by atoms with Gasteiger partial charge in [-0.1, -0.05) is 12.1 Å². The molecule has 2 rings (SSSR count). The standard InChI is InChI=1S/C19H21NO6/c1-12(18(21)20-14-7-5-6-8-15(14)23-2)26-19(22)13-9-10-16(24-3)17(11-13)25-4/h5-12H,1-4H3,(H,20,21). The van der Waals surface area contributed by atoms with Crippen molar-refractivity contribution in [1.29, 1.82) is 0 Å². The van der Waals surface area contributed by atoms with Crippen LogP contribution < -0.4 is 19.5 Å². The number of ether oxygens (including phenoxy) is 4. The van der Waals surface area contributed by atoms with Crippen molar-refractivity contribution >= 4 is 17.6 Å². The molecule has 2 aromatic carbocycles. The number of carbonyl (C=O) groups excluding carboxylic acids is 2. The molecular formula is C19H21NO6. The number of hydrogen-bond donors (Lipinski definition) is 1. The third-order valence-electron chi connectivity index (χ3n) is 3.64. The summed E-state index contributed by atoms with van der Waals surface area (Å²) in [6.07, 6.45) is -1.000. The summed E-state index contributed by atoms with van der Waals surface area (Å²) < 4.78 is 20.7. The van der Waals surface area contributed by atoms with Gasteiger partial charge in [0.25, 0.3) is 5.91 Å². The Bertz CT molecular complexity index is 789. The van der Waals surface area contributed by atoms with Crippen molar-refractivity contribution in [1.82, 2.24) is 0 Å². The Kier molecular flexibility index (Phi) is 6.43. The predicted molar refractivity (Wildman–Crippen MR) is 96.0 cm³/mol. The summed E-state index contributed by atoms with van der Waals surface area (Å²) in [5.41, 5.74) is 0.744. The lowest BCUT2D eigenvalue weighted by Crippen LogP contribution is -2.30. The van der Waals surface area contributed by atoms with E-state index in [1.165, 1.54) is 40.4 Å². The van der Waals surface area contributed by atoms with Crippen molar-refractivity contribution in [3.05, 3.63) is 48.0 Å². The first kappa shape index (κ1) is 19.1. The van der Waals surface area contributed by atoms with Gasteiger partial charge in [0.15, 0.2) is 17.6 Å². The summed E-state index contributed by atoms with van der Waals surface area (Å²) in [6.45, 7) is 1.49. The van der Waals surface area contributed by atoms with Gasteiger partial charge in [-0.2, -0.15) is 0 Å². The zero-order valence-electron chi connectivity index (χ0n) is 15.1. The van der Waals surface area contributed by atoms with Crippen LogP contribution in [0.1, 0.15) is 17.3 Å². The Morgan fingerprint density at radius 2 is 1.54 bits per heavy atom. The second kappa shape index (κ2) is 8.75. The van der Waals surface area contributed by atoms with Crippen LogP contribution in [-0.2, 0) is 9.53 Å². The van der Waals surface area contributed by atoms with E-state index in [2.05, 4.69) is 5.32 Å². The molecule has 1 N–H and O–H groups in total. The summed E-state index contributed by atoms with van der Waals surface area (Å²) >= 11 is 0. The highest BCUT2D eigenvalue weighted by atomic mass is 16.5. The molecule has 0 saturated carbocycles. The number of nitrogens with one attached hydrogen (secondary N) is 1. The smallest absolute Gasteiger partial charge is 0.339 e. The molecular weight excluding hydrogens is 338 g/mol. The van der Waals surface area contributed by atoms with Gasteiger partial charge < -0.3 is 24.3 Å². The van der Waals surface area contributed by atoms with E-state index in [1.54, 1.807) is 30.3 Å². The lowest BCUT2D eigenvalue weighted by molar-refractivity contribution is -0.123. The van der Waals surface area contributed by atoms with Crippen LogP contribution in [0.3, 0.4) is 0 Å². The fourth-order valence-electron chi connectivity index (χ4n) is 2.23. The van der Waals surface area contributed by atoms with Crippen molar-refractivity contribution in [2.75, 3.05) is 26.6 Å². The number of para-hydroxylation sites is 2. The fraction of sp³-hybridized carbons (Fsp3) is 0.263. The summed E-state index contributed by atoms with van der Waals surface area (Å²) in [5, 5.41) is 2.67. The molecule has 26 heavy (non-hydrogen) atoms. The number of hydrogen-bond acceptors (Lipinski definition) is 6. The fourth-order valence-corrected chi connectivity index (χ4v) is 2.23. The first-order valence-corrected chi connectivity index (χ1v) is 7.87. The van der Waals surface area contributed by atoms with Crippen molar-refractivity contribution in [3.8, 4) is 17.2 Å². The highest BCUT2D eigenvalue weighted by Crippen LogP contribution is 2.28. The van der Waals surface area contributed by atoms with Gasteiger partial charge in [-0.25, -0.2) is 4.79 Å². The average Bonchev–Trinajstić information content (AvgIpc) is 2.67. The highest BCUT2D eigenvalue weighted by Gasteiger charge is 2.21. The zero-order chi connectivity index (χ0) is 19.1. The Balaban J connectivity index is 2.05. The number of anilines is 1. The SMILES string of the molecule is COc1ccccc1NC(=O)C(C)OC(=O)c1ccc(OC)c(OC)c1. The molecule has 0 spiro atoms. The molecule has 0 aromatic heterocycles. The first-order chi connectivity index (χ1) is 12.5. The van der Waals surface area contributed by atoms with Crippen LogP contribution in [0.15, 0.2) is 42.5 Å². The van der Waals surface area contributed by atoms with E-state index >= 15 is 0 Å². The van der Waals surface area contributed by atoms with Crippen LogP contribution in [0.4, 0.5) is 5.69 Å². The quantitative estimate of drug-likeness (QED) is 0.766. The Morgan fingerprint density at radius 1 is 0.885 bits per heavy atom. The van der Waals surface area contributed by atoms with Gasteiger partial charge in [0.2, 0.25) is 0 Å². The molecule has 1 unspecified atom stereocenters. The number of amides is 1. The summed E-state index contributed by atoms with van der Waals surface area (Å²) in [6, 6.07) is 11.6. The van der Waals surface area contributed by atoms with Crippen LogP contribution in [-0.4, -0.2) is 39.3 Å². The van der Waals surface area contributed by atoms with Gasteiger partial charge in [-0.05, 0) is 37.3 Å². The molecule has 138 valence electrons. The zero-order valence-corrected chi connectivity index (χ0v) is 15.1. The van der Waals surface area contributed by atoms with E-state index < -0.39 is 18.0 Å². The lowest BCUT2D eigenvalue weighted by Gasteiger charge is -2.15. The first-order valence-electron chi connectivity index (χ1n) is 7.87. The van der Waals surface area contributed by atoms with E-state index in [0.717, 1.165) is 0 Å². The molecule has 0 saturated heterocycles. The second-order valence-corrected chi connectivity index (χ2v) is 5.31. The van der Waals surface area contributed by atoms with Gasteiger partial charge in [0.1, 0.15) is 5.75 Å². The molecule has 7 heteroatoms. The number of esters is 1. The molecule has 2 aromatic rings. The van der Waals surface area contributed by atoms with E-state index in [1.807, 2.05) is 0 Å². The monoisotopic (exact) mass is 359 g/mol. The number of benzene rings is 2. The van der Waals surface area contributed by atoms with Gasteiger partial charge in [0, 0.05) is 0 Å². The van der Waals surface area contributed by atoms with Gasteiger partial charge in [0.05, 0.1) is 32.6 Å². The van der Waals surface area contributed by atoms with E-state index in [9.17, 15) is 9.59 Å². The maximum absolute atomic E-state index is 12.3. The van der Waals surface area contributed by atoms with Crippen molar-refractivity contribution in [2.45, 2.75) is 13.0 Å². The minimum Gasteiger partial charge on any atom is -0.495 e. The van der Waals surface area contributed by atoms with Gasteiger partial charge >= 0.3 is 5.97 Å². The van der Waals surface area contributed by atoms with Crippen LogP contribution in [0.25, 0.3) is 0 Å². The van der Waals surface area contributed by atoms with Crippen molar-refractivity contribution < 1.29 is 28.5 Å². The molecule has 0 aliphatic heterocycles. The molecule has 7 nitrogen and oxygen atoms in total. The molecule has 0 heterocycles. The summed E-state index contributed by atoms with van der Waals surface area (Å²) in [7, 11) is 4.47. The average molecular weight is 359 g/mol. The normalized spacial score (nSPS) is 11.2. The molecule has 0 fully saturated rings. The molecule has 1 amide bonds. The topological polar surface area (TPSA) is 83.1 Å². The van der Waals surface area contributed by atoms with E-state index in [4.69, 9.17) is 18.9 Å². The Morgan fingerprint density at radius 3 is 2.19 bits per heavy atom. The van der Waals surface area contributed by atoms with E-state index in [0.29, 0.717) is 22.9 Å². The predicted octanol–water partition coefficient (Wildman–Crippen LogP) is 2.90. The van der Waals surface area contributed by atoms with Crippen LogP contribution in [0, 0.1) is 0 Å². The molecule has 0 aliphatic carbocycles. The Hall–Kier alpha value is -3.22. The minimum absolute atomic E-state index is 0.250. The number of rotatable bonds is 7.